The number of aromatic nitrogens is 2. The van der Waals surface area contributed by atoms with Gasteiger partial charge in [-0.3, -0.25) is 19.8 Å². The highest BCUT2D eigenvalue weighted by atomic mass is 32.2. The maximum atomic E-state index is 12.5. The Labute approximate surface area is 171 Å². The number of hydrogen-bond acceptors (Lipinski definition) is 9. The van der Waals surface area contributed by atoms with Crippen LogP contribution in [0.4, 0.5) is 5.13 Å². The molecule has 10 heteroatoms. The van der Waals surface area contributed by atoms with Crippen molar-refractivity contribution in [1.29, 1.82) is 0 Å². The van der Waals surface area contributed by atoms with Crippen LogP contribution in [0.3, 0.4) is 0 Å². The number of nitrogens with zero attached hydrogens (tertiary/aromatic N) is 3. The number of carbonyl (C=O) groups excluding carboxylic acids is 2. The lowest BCUT2D eigenvalue weighted by Gasteiger charge is -2.26. The fourth-order valence-electron chi connectivity index (χ4n) is 2.64. The summed E-state index contributed by atoms with van der Waals surface area (Å²) in [7, 11) is 0. The summed E-state index contributed by atoms with van der Waals surface area (Å²) in [6.45, 7) is 6.18. The van der Waals surface area contributed by atoms with E-state index in [4.69, 9.17) is 9.47 Å². The van der Waals surface area contributed by atoms with Crippen LogP contribution >= 0.6 is 23.1 Å². The summed E-state index contributed by atoms with van der Waals surface area (Å²) in [6.07, 6.45) is 0. The molecule has 2 heterocycles. The molecule has 0 atom stereocenters. The number of hydrogen-bond donors (Lipinski definition) is 1. The molecular weight excluding hydrogens is 400 g/mol. The van der Waals surface area contributed by atoms with Gasteiger partial charge in [-0.05, 0) is 24.6 Å². The summed E-state index contributed by atoms with van der Waals surface area (Å²) < 4.78 is 10.8. The van der Waals surface area contributed by atoms with Gasteiger partial charge in [0, 0.05) is 25.2 Å². The van der Waals surface area contributed by atoms with E-state index in [-0.39, 0.29) is 17.6 Å². The molecule has 0 unspecified atom stereocenters. The lowest BCUT2D eigenvalue weighted by atomic mass is 10.1. The predicted octanol–water partition coefficient (Wildman–Crippen LogP) is 2.28. The number of anilines is 1. The zero-order chi connectivity index (χ0) is 19.8. The molecule has 1 aromatic heterocycles. The van der Waals surface area contributed by atoms with E-state index in [2.05, 4.69) is 20.4 Å². The van der Waals surface area contributed by atoms with Gasteiger partial charge in [0.05, 0.1) is 25.6 Å². The zero-order valence-electron chi connectivity index (χ0n) is 15.6. The molecule has 3 rings (SSSR count). The molecular formula is C18H22N4O4S2. The van der Waals surface area contributed by atoms with Crippen molar-refractivity contribution in [2.24, 2.45) is 0 Å². The van der Waals surface area contributed by atoms with Crippen LogP contribution < -0.4 is 5.32 Å². The second-order valence-corrected chi connectivity index (χ2v) is 8.21. The fourth-order valence-corrected chi connectivity index (χ4v) is 4.18. The van der Waals surface area contributed by atoms with E-state index in [1.165, 1.54) is 23.1 Å². The fraction of sp³-hybridized carbons (Fsp3) is 0.444. The van der Waals surface area contributed by atoms with E-state index in [9.17, 15) is 9.59 Å². The highest BCUT2D eigenvalue weighted by molar-refractivity contribution is 8.01. The van der Waals surface area contributed by atoms with E-state index in [1.807, 2.05) is 18.2 Å². The molecule has 28 heavy (non-hydrogen) atoms. The van der Waals surface area contributed by atoms with Crippen LogP contribution in [0.5, 0.6) is 0 Å². The van der Waals surface area contributed by atoms with Crippen LogP contribution in [0, 0.1) is 0 Å². The molecule has 0 spiro atoms. The molecule has 8 nitrogen and oxygen atoms in total. The molecule has 1 aromatic carbocycles. The van der Waals surface area contributed by atoms with Gasteiger partial charge in [0.25, 0.3) is 5.91 Å². The lowest BCUT2D eigenvalue weighted by Crippen LogP contribution is -2.35. The third kappa shape index (κ3) is 6.26. The number of thioether (sulfide) groups is 1. The molecule has 1 saturated heterocycles. The minimum atomic E-state index is -0.301. The van der Waals surface area contributed by atoms with Crippen LogP contribution in [0.1, 0.15) is 22.8 Å². The molecule has 0 aliphatic carbocycles. The Morgan fingerprint density at radius 3 is 2.93 bits per heavy atom. The molecule has 1 fully saturated rings. The third-order valence-corrected chi connectivity index (χ3v) is 5.89. The molecule has 0 bridgehead atoms. The number of morpholine rings is 1. The average Bonchev–Trinajstić information content (AvgIpc) is 3.15. The van der Waals surface area contributed by atoms with Gasteiger partial charge in [-0.15, -0.1) is 10.2 Å². The Morgan fingerprint density at radius 2 is 2.14 bits per heavy atom. The topological polar surface area (TPSA) is 93.7 Å². The van der Waals surface area contributed by atoms with E-state index in [1.54, 1.807) is 13.0 Å². The van der Waals surface area contributed by atoms with Gasteiger partial charge in [0.2, 0.25) is 5.13 Å². The maximum absolute atomic E-state index is 12.5. The number of esters is 1. The van der Waals surface area contributed by atoms with Gasteiger partial charge in [-0.1, -0.05) is 35.2 Å². The first-order valence-corrected chi connectivity index (χ1v) is 10.8. The Morgan fingerprint density at radius 1 is 1.32 bits per heavy atom. The van der Waals surface area contributed by atoms with Crippen molar-refractivity contribution in [1.82, 2.24) is 15.1 Å². The first kappa shape index (κ1) is 20.7. The zero-order valence-corrected chi connectivity index (χ0v) is 17.2. The highest BCUT2D eigenvalue weighted by Crippen LogP contribution is 2.26. The van der Waals surface area contributed by atoms with Crippen molar-refractivity contribution in [3.05, 3.63) is 35.4 Å². The number of nitrogens with one attached hydrogen (secondary N) is 1. The van der Waals surface area contributed by atoms with Crippen LogP contribution in [0.25, 0.3) is 0 Å². The molecule has 150 valence electrons. The summed E-state index contributed by atoms with van der Waals surface area (Å²) >= 11 is 2.46. The van der Waals surface area contributed by atoms with E-state index in [0.717, 1.165) is 38.4 Å². The summed E-state index contributed by atoms with van der Waals surface area (Å²) in [4.78, 5) is 26.2. The maximum Gasteiger partial charge on any atom is 0.316 e. The standard InChI is InChI=1S/C18H22N4O4S2/c1-2-26-15(23)12-27-18-21-20-17(28-18)19-16(24)14-5-3-4-13(10-14)11-22-6-8-25-9-7-22/h3-5,10H,2,6-9,11-12H2,1H3,(H,19,20,24). The highest BCUT2D eigenvalue weighted by Gasteiger charge is 2.14. The number of carbonyl (C=O) groups is 2. The Hall–Kier alpha value is -2.01. The van der Waals surface area contributed by atoms with Crippen molar-refractivity contribution < 1.29 is 19.1 Å². The Balaban J connectivity index is 1.54. The lowest BCUT2D eigenvalue weighted by molar-refractivity contribution is -0.139. The van der Waals surface area contributed by atoms with Gasteiger partial charge in [0.1, 0.15) is 0 Å². The second kappa shape index (κ2) is 10.5. The first-order chi connectivity index (χ1) is 13.6. The van der Waals surface area contributed by atoms with Crippen LogP contribution in [0.2, 0.25) is 0 Å². The summed E-state index contributed by atoms with van der Waals surface area (Å²) in [5.41, 5.74) is 1.65. The number of amides is 1. The Kier molecular flexibility index (Phi) is 7.78. The summed E-state index contributed by atoms with van der Waals surface area (Å²) in [5, 5.41) is 11.1. The monoisotopic (exact) mass is 422 g/mol. The minimum absolute atomic E-state index is 0.167. The molecule has 2 aromatic rings. The van der Waals surface area contributed by atoms with Gasteiger partial charge in [0.15, 0.2) is 4.34 Å². The van der Waals surface area contributed by atoms with Gasteiger partial charge in [-0.2, -0.15) is 0 Å². The van der Waals surface area contributed by atoms with E-state index >= 15 is 0 Å². The van der Waals surface area contributed by atoms with Crippen LogP contribution in [-0.4, -0.2) is 65.6 Å². The predicted molar refractivity (Wildman–Crippen MR) is 108 cm³/mol. The number of benzene rings is 1. The SMILES string of the molecule is CCOC(=O)CSc1nnc(NC(=O)c2cccc(CN3CCOCC3)c2)s1. The van der Waals surface area contributed by atoms with Gasteiger partial charge >= 0.3 is 5.97 Å². The average molecular weight is 423 g/mol. The molecule has 1 aliphatic rings. The second-order valence-electron chi connectivity index (χ2n) is 6.01. The van der Waals surface area contributed by atoms with Crippen LogP contribution in [-0.2, 0) is 20.8 Å². The summed E-state index contributed by atoms with van der Waals surface area (Å²) in [6, 6.07) is 7.56. The smallest absolute Gasteiger partial charge is 0.316 e. The molecule has 1 amide bonds. The van der Waals surface area contributed by atoms with E-state index < -0.39 is 0 Å². The van der Waals surface area contributed by atoms with Crippen LogP contribution in [0.15, 0.2) is 28.6 Å². The number of rotatable bonds is 8. The molecule has 0 radical (unpaired) electrons. The van der Waals surface area contributed by atoms with Crippen molar-refractivity contribution in [2.75, 3.05) is 44.0 Å². The van der Waals surface area contributed by atoms with Crippen molar-refractivity contribution in [2.45, 2.75) is 17.8 Å². The number of ether oxygens (including phenoxy) is 2. The van der Waals surface area contributed by atoms with E-state index in [0.29, 0.717) is 21.6 Å². The minimum Gasteiger partial charge on any atom is -0.465 e. The Bertz CT molecular complexity index is 808. The third-order valence-electron chi connectivity index (χ3n) is 3.94. The van der Waals surface area contributed by atoms with Crippen molar-refractivity contribution in [3.63, 3.8) is 0 Å². The first-order valence-electron chi connectivity index (χ1n) is 8.96. The molecule has 1 N–H and O–H groups in total. The van der Waals surface area contributed by atoms with Crippen molar-refractivity contribution in [3.8, 4) is 0 Å². The van der Waals surface area contributed by atoms with Gasteiger partial charge in [-0.25, -0.2) is 0 Å². The normalized spacial score (nSPS) is 14.6. The largest absolute Gasteiger partial charge is 0.465 e. The van der Waals surface area contributed by atoms with Gasteiger partial charge < -0.3 is 9.47 Å². The quantitative estimate of drug-likeness (QED) is 0.393. The molecule has 0 saturated carbocycles. The van der Waals surface area contributed by atoms with Crippen molar-refractivity contribution >= 4 is 40.1 Å². The summed E-state index contributed by atoms with van der Waals surface area (Å²) in [5.74, 6) is -0.368. The molecule has 1 aliphatic heterocycles.